The van der Waals surface area contributed by atoms with Gasteiger partial charge in [0.05, 0.1) is 30.5 Å². The number of esters is 1. The minimum absolute atomic E-state index is 0.259. The fourth-order valence-corrected chi connectivity index (χ4v) is 2.04. The van der Waals surface area contributed by atoms with Crippen LogP contribution in [0.25, 0.3) is 0 Å². The Hall–Kier alpha value is -1.08. The highest BCUT2D eigenvalue weighted by atomic mass is 127. The second kappa shape index (κ2) is 9.78. The number of halogens is 1. The van der Waals surface area contributed by atoms with Crippen LogP contribution < -0.4 is 4.74 Å². The average molecular weight is 404 g/mol. The molecule has 0 saturated heterocycles. The fourth-order valence-electron chi connectivity index (χ4n) is 1.62. The first-order valence-corrected chi connectivity index (χ1v) is 7.89. The fraction of sp³-hybridized carbons (Fsp3) is 0.438. The average Bonchev–Trinajstić information content (AvgIpc) is 2.51. The summed E-state index contributed by atoms with van der Waals surface area (Å²) in [6.45, 7) is 5.24. The number of rotatable bonds is 8. The molecule has 0 spiro atoms. The number of benzene rings is 1. The SMILES string of the molecule is CCOC(=O)/C(I)=C(/C)CCOCc1ccc(OC)cc1. The first-order chi connectivity index (χ1) is 10.1. The van der Waals surface area contributed by atoms with Crippen LogP contribution in [0.15, 0.2) is 33.4 Å². The standard InChI is InChI=1S/C16H21IO4/c1-4-21-16(18)15(17)12(2)9-10-20-11-13-5-7-14(19-3)8-6-13/h5-8H,4,9-11H2,1-3H3/b15-12+. The number of carbonyl (C=O) groups excluding carboxylic acids is 1. The Bertz CT molecular complexity index is 480. The Morgan fingerprint density at radius 1 is 1.24 bits per heavy atom. The predicted molar refractivity (Wildman–Crippen MR) is 90.6 cm³/mol. The van der Waals surface area contributed by atoms with Crippen molar-refractivity contribution in [3.05, 3.63) is 39.0 Å². The van der Waals surface area contributed by atoms with Gasteiger partial charge in [0.2, 0.25) is 0 Å². The van der Waals surface area contributed by atoms with Crippen LogP contribution in [0, 0.1) is 0 Å². The molecule has 4 nitrogen and oxygen atoms in total. The van der Waals surface area contributed by atoms with Crippen molar-refractivity contribution in [2.24, 2.45) is 0 Å². The van der Waals surface area contributed by atoms with Crippen LogP contribution in [-0.2, 0) is 20.9 Å². The summed E-state index contributed by atoms with van der Waals surface area (Å²) in [5, 5.41) is 0. The van der Waals surface area contributed by atoms with Crippen LogP contribution in [0.3, 0.4) is 0 Å². The second-order valence-electron chi connectivity index (χ2n) is 4.47. The van der Waals surface area contributed by atoms with Crippen LogP contribution in [0.1, 0.15) is 25.8 Å². The van der Waals surface area contributed by atoms with Crippen LogP contribution in [0.5, 0.6) is 5.75 Å². The van der Waals surface area contributed by atoms with E-state index >= 15 is 0 Å². The van der Waals surface area contributed by atoms with Crippen molar-refractivity contribution in [1.29, 1.82) is 0 Å². The number of hydrogen-bond donors (Lipinski definition) is 0. The molecule has 0 fully saturated rings. The zero-order valence-corrected chi connectivity index (χ0v) is 14.8. The van der Waals surface area contributed by atoms with E-state index in [9.17, 15) is 4.79 Å². The maximum atomic E-state index is 11.6. The van der Waals surface area contributed by atoms with E-state index in [-0.39, 0.29) is 5.97 Å². The maximum Gasteiger partial charge on any atom is 0.344 e. The van der Waals surface area contributed by atoms with Gasteiger partial charge in [-0.2, -0.15) is 0 Å². The van der Waals surface area contributed by atoms with Gasteiger partial charge in [0.1, 0.15) is 5.75 Å². The maximum absolute atomic E-state index is 11.6. The van der Waals surface area contributed by atoms with Gasteiger partial charge in [-0.05, 0) is 60.6 Å². The summed E-state index contributed by atoms with van der Waals surface area (Å²) in [7, 11) is 1.64. The van der Waals surface area contributed by atoms with Gasteiger partial charge in [0.15, 0.2) is 0 Å². The molecule has 1 aromatic carbocycles. The van der Waals surface area contributed by atoms with Crippen molar-refractivity contribution >= 4 is 28.6 Å². The molecule has 1 aromatic rings. The topological polar surface area (TPSA) is 44.8 Å². The molecule has 0 unspecified atom stereocenters. The molecule has 0 aliphatic rings. The quantitative estimate of drug-likeness (QED) is 0.286. The largest absolute Gasteiger partial charge is 0.497 e. The zero-order chi connectivity index (χ0) is 15.7. The normalized spacial score (nSPS) is 11.8. The third kappa shape index (κ3) is 6.48. The Morgan fingerprint density at radius 3 is 2.48 bits per heavy atom. The van der Waals surface area contributed by atoms with Crippen LogP contribution in [-0.4, -0.2) is 26.3 Å². The molecule has 21 heavy (non-hydrogen) atoms. The highest BCUT2D eigenvalue weighted by Gasteiger charge is 2.10. The number of carbonyl (C=O) groups is 1. The van der Waals surface area contributed by atoms with Gasteiger partial charge >= 0.3 is 5.97 Å². The Balaban J connectivity index is 2.35. The molecule has 0 N–H and O–H groups in total. The van der Waals surface area contributed by atoms with Crippen molar-refractivity contribution in [2.75, 3.05) is 20.3 Å². The molecule has 0 amide bonds. The smallest absolute Gasteiger partial charge is 0.344 e. The van der Waals surface area contributed by atoms with Crippen LogP contribution >= 0.6 is 22.6 Å². The van der Waals surface area contributed by atoms with E-state index in [1.54, 1.807) is 14.0 Å². The molecular formula is C16H21IO4. The third-order valence-corrected chi connectivity index (χ3v) is 4.24. The van der Waals surface area contributed by atoms with Gasteiger partial charge in [-0.25, -0.2) is 4.79 Å². The molecule has 0 aliphatic heterocycles. The lowest BCUT2D eigenvalue weighted by atomic mass is 10.2. The molecule has 116 valence electrons. The molecule has 5 heteroatoms. The van der Waals surface area contributed by atoms with Crippen molar-refractivity contribution in [1.82, 2.24) is 0 Å². The van der Waals surface area contributed by atoms with Crippen molar-refractivity contribution in [3.63, 3.8) is 0 Å². The first-order valence-electron chi connectivity index (χ1n) is 6.81. The molecule has 0 saturated carbocycles. The number of ether oxygens (including phenoxy) is 3. The molecule has 0 aromatic heterocycles. The molecule has 0 bridgehead atoms. The predicted octanol–water partition coefficient (Wildman–Crippen LogP) is 3.87. The van der Waals surface area contributed by atoms with Gasteiger partial charge < -0.3 is 14.2 Å². The van der Waals surface area contributed by atoms with Crippen LogP contribution in [0.2, 0.25) is 0 Å². The summed E-state index contributed by atoms with van der Waals surface area (Å²) in [4.78, 5) is 11.6. The van der Waals surface area contributed by atoms with Crippen molar-refractivity contribution in [3.8, 4) is 5.75 Å². The van der Waals surface area contributed by atoms with Crippen molar-refractivity contribution in [2.45, 2.75) is 26.9 Å². The molecule has 0 heterocycles. The molecule has 1 rings (SSSR count). The summed E-state index contributed by atoms with van der Waals surface area (Å²) in [5.74, 6) is 0.576. The summed E-state index contributed by atoms with van der Waals surface area (Å²) in [5.41, 5.74) is 2.08. The van der Waals surface area contributed by atoms with E-state index in [4.69, 9.17) is 14.2 Å². The first kappa shape index (κ1) is 18.0. The van der Waals surface area contributed by atoms with Gasteiger partial charge in [0.25, 0.3) is 0 Å². The monoisotopic (exact) mass is 404 g/mol. The molecule has 0 aliphatic carbocycles. The van der Waals surface area contributed by atoms with Crippen molar-refractivity contribution < 1.29 is 19.0 Å². The summed E-state index contributed by atoms with van der Waals surface area (Å²) < 4.78 is 16.3. The highest BCUT2D eigenvalue weighted by molar-refractivity contribution is 14.1. The van der Waals surface area contributed by atoms with E-state index in [0.29, 0.717) is 29.8 Å². The van der Waals surface area contributed by atoms with E-state index < -0.39 is 0 Å². The number of hydrogen-bond acceptors (Lipinski definition) is 4. The zero-order valence-electron chi connectivity index (χ0n) is 12.6. The minimum Gasteiger partial charge on any atom is -0.497 e. The van der Waals surface area contributed by atoms with E-state index in [1.165, 1.54) is 0 Å². The molecule has 0 radical (unpaired) electrons. The number of methoxy groups -OCH3 is 1. The lowest BCUT2D eigenvalue weighted by Crippen LogP contribution is -2.06. The van der Waals surface area contributed by atoms with E-state index in [1.807, 2.05) is 53.8 Å². The van der Waals surface area contributed by atoms with E-state index in [0.717, 1.165) is 16.9 Å². The highest BCUT2D eigenvalue weighted by Crippen LogP contribution is 2.18. The van der Waals surface area contributed by atoms with Gasteiger partial charge in [-0.15, -0.1) is 0 Å². The Labute approximate surface area is 139 Å². The van der Waals surface area contributed by atoms with Gasteiger partial charge in [-0.1, -0.05) is 17.7 Å². The van der Waals surface area contributed by atoms with Gasteiger partial charge in [0, 0.05) is 0 Å². The summed E-state index contributed by atoms with van der Waals surface area (Å²) >= 11 is 2.02. The Kier molecular flexibility index (Phi) is 8.37. The summed E-state index contributed by atoms with van der Waals surface area (Å²) in [6, 6.07) is 7.77. The molecule has 0 atom stereocenters. The lowest BCUT2D eigenvalue weighted by molar-refractivity contribution is -0.137. The van der Waals surface area contributed by atoms with Crippen LogP contribution in [0.4, 0.5) is 0 Å². The molecular weight excluding hydrogens is 383 g/mol. The van der Waals surface area contributed by atoms with Gasteiger partial charge in [-0.3, -0.25) is 0 Å². The lowest BCUT2D eigenvalue weighted by Gasteiger charge is -2.08. The second-order valence-corrected chi connectivity index (χ2v) is 5.54. The Morgan fingerprint density at radius 2 is 1.90 bits per heavy atom. The third-order valence-electron chi connectivity index (χ3n) is 2.88. The summed E-state index contributed by atoms with van der Waals surface area (Å²) in [6.07, 6.45) is 0.716. The minimum atomic E-state index is -0.259. The van der Waals surface area contributed by atoms with E-state index in [2.05, 4.69) is 0 Å².